The van der Waals surface area contributed by atoms with Crippen molar-refractivity contribution < 1.29 is 4.79 Å². The van der Waals surface area contributed by atoms with Crippen LogP contribution in [-0.4, -0.2) is 5.91 Å². The summed E-state index contributed by atoms with van der Waals surface area (Å²) in [5.41, 5.74) is 12.2. The second kappa shape index (κ2) is 3.45. The number of hydrogen-bond donors (Lipinski definition) is 2. The van der Waals surface area contributed by atoms with Gasteiger partial charge in [0.2, 0.25) is 5.91 Å². The number of primary amides is 1. The summed E-state index contributed by atoms with van der Waals surface area (Å²) < 4.78 is 0. The number of amides is 1. The van der Waals surface area contributed by atoms with Crippen molar-refractivity contribution in [2.45, 2.75) is 5.88 Å². The third-order valence-corrected chi connectivity index (χ3v) is 1.83. The van der Waals surface area contributed by atoms with Gasteiger partial charge in [-0.1, -0.05) is 6.07 Å². The predicted molar refractivity (Wildman–Crippen MR) is 48.9 cm³/mol. The van der Waals surface area contributed by atoms with Gasteiger partial charge in [0.05, 0.1) is 0 Å². The van der Waals surface area contributed by atoms with E-state index in [0.29, 0.717) is 16.8 Å². The minimum absolute atomic E-state index is 0.262. The quantitative estimate of drug-likeness (QED) is 0.534. The number of hydrogen-bond acceptors (Lipinski definition) is 2. The molecule has 0 bridgehead atoms. The Morgan fingerprint density at radius 3 is 2.67 bits per heavy atom. The topological polar surface area (TPSA) is 69.1 Å². The first-order chi connectivity index (χ1) is 5.65. The third kappa shape index (κ3) is 1.68. The summed E-state index contributed by atoms with van der Waals surface area (Å²) in [7, 11) is 0. The molecule has 0 spiro atoms. The van der Waals surface area contributed by atoms with Gasteiger partial charge in [-0.05, 0) is 17.7 Å². The van der Waals surface area contributed by atoms with Crippen LogP contribution >= 0.6 is 11.6 Å². The molecule has 64 valence electrons. The molecule has 1 aromatic rings. The second-order valence-corrected chi connectivity index (χ2v) is 2.68. The maximum absolute atomic E-state index is 10.8. The van der Waals surface area contributed by atoms with Crippen molar-refractivity contribution in [3.8, 4) is 0 Å². The van der Waals surface area contributed by atoms with Crippen molar-refractivity contribution in [2.24, 2.45) is 5.73 Å². The van der Waals surface area contributed by atoms with Crippen LogP contribution in [0.25, 0.3) is 0 Å². The molecule has 0 fully saturated rings. The Balaban J connectivity index is 3.21. The summed E-state index contributed by atoms with van der Waals surface area (Å²) in [6.45, 7) is 0. The fraction of sp³-hybridized carbons (Fsp3) is 0.125. The minimum atomic E-state index is -0.502. The van der Waals surface area contributed by atoms with Gasteiger partial charge in [-0.15, -0.1) is 11.6 Å². The van der Waals surface area contributed by atoms with Crippen LogP contribution in [0.15, 0.2) is 18.2 Å². The predicted octanol–water partition coefficient (Wildman–Crippen LogP) is 1.11. The fourth-order valence-corrected chi connectivity index (χ4v) is 1.17. The molecule has 0 saturated carbocycles. The van der Waals surface area contributed by atoms with Gasteiger partial charge in [0.15, 0.2) is 0 Å². The average molecular weight is 185 g/mol. The molecule has 4 N–H and O–H groups in total. The van der Waals surface area contributed by atoms with E-state index in [1.807, 2.05) is 0 Å². The van der Waals surface area contributed by atoms with Gasteiger partial charge in [-0.3, -0.25) is 4.79 Å². The van der Waals surface area contributed by atoms with Gasteiger partial charge in [0.1, 0.15) is 0 Å². The lowest BCUT2D eigenvalue weighted by Gasteiger charge is -2.03. The molecule has 0 aromatic heterocycles. The van der Waals surface area contributed by atoms with E-state index < -0.39 is 5.91 Å². The number of nitrogen functional groups attached to an aromatic ring is 1. The van der Waals surface area contributed by atoms with E-state index in [4.69, 9.17) is 23.1 Å². The van der Waals surface area contributed by atoms with Crippen LogP contribution in [0.5, 0.6) is 0 Å². The number of benzene rings is 1. The highest BCUT2D eigenvalue weighted by atomic mass is 35.5. The Kier molecular flexibility index (Phi) is 2.55. The Hall–Kier alpha value is -1.22. The van der Waals surface area contributed by atoms with Crippen molar-refractivity contribution >= 4 is 23.2 Å². The molecule has 3 nitrogen and oxygen atoms in total. The SMILES string of the molecule is NC(=O)c1cc(N)ccc1CCl. The molecule has 1 rings (SSSR count). The Labute approximate surface area is 75.3 Å². The van der Waals surface area contributed by atoms with Crippen LogP contribution in [0.4, 0.5) is 5.69 Å². The largest absolute Gasteiger partial charge is 0.399 e. The van der Waals surface area contributed by atoms with Crippen molar-refractivity contribution in [2.75, 3.05) is 5.73 Å². The van der Waals surface area contributed by atoms with Crippen LogP contribution in [-0.2, 0) is 5.88 Å². The summed E-state index contributed by atoms with van der Waals surface area (Å²) in [6.07, 6.45) is 0. The maximum atomic E-state index is 10.8. The van der Waals surface area contributed by atoms with Crippen LogP contribution in [0.2, 0.25) is 0 Å². The number of nitrogens with two attached hydrogens (primary N) is 2. The van der Waals surface area contributed by atoms with Gasteiger partial charge in [0, 0.05) is 17.1 Å². The van der Waals surface area contributed by atoms with Gasteiger partial charge in [0.25, 0.3) is 0 Å². The molecule has 0 aliphatic rings. The first-order valence-electron chi connectivity index (χ1n) is 3.39. The Morgan fingerprint density at radius 1 is 1.50 bits per heavy atom. The normalized spacial score (nSPS) is 9.75. The molecular formula is C8H9ClN2O. The van der Waals surface area contributed by atoms with Crippen molar-refractivity contribution in [1.82, 2.24) is 0 Å². The summed E-state index contributed by atoms with van der Waals surface area (Å²) in [5, 5.41) is 0. The van der Waals surface area contributed by atoms with E-state index in [9.17, 15) is 4.79 Å². The zero-order chi connectivity index (χ0) is 9.14. The lowest BCUT2D eigenvalue weighted by atomic mass is 10.1. The van der Waals surface area contributed by atoms with Gasteiger partial charge >= 0.3 is 0 Å². The van der Waals surface area contributed by atoms with E-state index >= 15 is 0 Å². The number of anilines is 1. The molecule has 1 amide bonds. The fourth-order valence-electron chi connectivity index (χ4n) is 0.940. The molecule has 0 atom stereocenters. The molecule has 12 heavy (non-hydrogen) atoms. The number of carbonyl (C=O) groups excluding carboxylic acids is 1. The molecule has 0 aliphatic heterocycles. The van der Waals surface area contributed by atoms with E-state index in [1.54, 1.807) is 12.1 Å². The number of rotatable bonds is 2. The van der Waals surface area contributed by atoms with Crippen LogP contribution in [0.1, 0.15) is 15.9 Å². The summed E-state index contributed by atoms with van der Waals surface area (Å²) in [5.74, 6) is -0.239. The summed E-state index contributed by atoms with van der Waals surface area (Å²) >= 11 is 5.58. The molecule has 0 saturated heterocycles. The minimum Gasteiger partial charge on any atom is -0.399 e. The first kappa shape index (κ1) is 8.87. The van der Waals surface area contributed by atoms with E-state index in [-0.39, 0.29) is 5.88 Å². The highest BCUT2D eigenvalue weighted by Gasteiger charge is 2.06. The highest BCUT2D eigenvalue weighted by molar-refractivity contribution is 6.17. The average Bonchev–Trinajstić information content (AvgIpc) is 2.04. The summed E-state index contributed by atoms with van der Waals surface area (Å²) in [4.78, 5) is 10.8. The van der Waals surface area contributed by atoms with Crippen molar-refractivity contribution in [3.63, 3.8) is 0 Å². The van der Waals surface area contributed by atoms with E-state index in [0.717, 1.165) is 0 Å². The van der Waals surface area contributed by atoms with Gasteiger partial charge < -0.3 is 11.5 Å². The van der Waals surface area contributed by atoms with E-state index in [2.05, 4.69) is 0 Å². The maximum Gasteiger partial charge on any atom is 0.249 e. The molecule has 1 aromatic carbocycles. The zero-order valence-corrected chi connectivity index (χ0v) is 7.14. The van der Waals surface area contributed by atoms with E-state index in [1.165, 1.54) is 6.07 Å². The number of carbonyl (C=O) groups is 1. The number of alkyl halides is 1. The molecular weight excluding hydrogens is 176 g/mol. The first-order valence-corrected chi connectivity index (χ1v) is 3.92. The van der Waals surface area contributed by atoms with Crippen molar-refractivity contribution in [3.05, 3.63) is 29.3 Å². The highest BCUT2D eigenvalue weighted by Crippen LogP contribution is 2.14. The molecule has 0 heterocycles. The lowest BCUT2D eigenvalue weighted by molar-refractivity contribution is 0.0999. The second-order valence-electron chi connectivity index (χ2n) is 2.41. The lowest BCUT2D eigenvalue weighted by Crippen LogP contribution is -2.13. The van der Waals surface area contributed by atoms with Crippen LogP contribution < -0.4 is 11.5 Å². The Morgan fingerprint density at radius 2 is 2.17 bits per heavy atom. The Bertz CT molecular complexity index is 312. The molecule has 0 aliphatic carbocycles. The van der Waals surface area contributed by atoms with Gasteiger partial charge in [-0.25, -0.2) is 0 Å². The third-order valence-electron chi connectivity index (χ3n) is 1.54. The van der Waals surface area contributed by atoms with Crippen LogP contribution in [0.3, 0.4) is 0 Å². The summed E-state index contributed by atoms with van der Waals surface area (Å²) in [6, 6.07) is 4.91. The standard InChI is InChI=1S/C8H9ClN2O/c9-4-5-1-2-6(10)3-7(5)8(11)12/h1-3H,4,10H2,(H2,11,12). The molecule has 0 radical (unpaired) electrons. The number of halogens is 1. The molecule has 0 unspecified atom stereocenters. The molecule has 4 heteroatoms. The van der Waals surface area contributed by atoms with Crippen LogP contribution in [0, 0.1) is 0 Å². The van der Waals surface area contributed by atoms with Gasteiger partial charge in [-0.2, -0.15) is 0 Å². The smallest absolute Gasteiger partial charge is 0.249 e. The van der Waals surface area contributed by atoms with Crippen molar-refractivity contribution in [1.29, 1.82) is 0 Å². The zero-order valence-electron chi connectivity index (χ0n) is 6.38. The monoisotopic (exact) mass is 184 g/mol.